The van der Waals surface area contributed by atoms with Gasteiger partial charge in [0.1, 0.15) is 0 Å². The van der Waals surface area contributed by atoms with Crippen molar-refractivity contribution in [3.63, 3.8) is 0 Å². The van der Waals surface area contributed by atoms with E-state index in [0.717, 1.165) is 30.0 Å². The number of carbonyl (C=O) groups excluding carboxylic acids is 1. The van der Waals surface area contributed by atoms with E-state index >= 15 is 0 Å². The highest BCUT2D eigenvalue weighted by atomic mass is 35.5. The van der Waals surface area contributed by atoms with Gasteiger partial charge in [-0.3, -0.25) is 4.79 Å². The summed E-state index contributed by atoms with van der Waals surface area (Å²) in [5, 5.41) is -0.197. The maximum Gasteiger partial charge on any atom is 0.416 e. The summed E-state index contributed by atoms with van der Waals surface area (Å²) in [6, 6.07) is 2.23. The Kier molecular flexibility index (Phi) is 5.77. The first-order valence-electron chi connectivity index (χ1n) is 8.58. The highest BCUT2D eigenvalue weighted by Crippen LogP contribution is 2.44. The number of rotatable bonds is 3. The van der Waals surface area contributed by atoms with Crippen LogP contribution in [-0.2, 0) is 20.8 Å². The van der Waals surface area contributed by atoms with E-state index in [1.54, 1.807) is 6.92 Å². The fraction of sp³-hybridized carbons (Fsp3) is 0.529. The SMILES string of the molecule is CC[C@@H](C)C(=O)N=C1S[C@H]2CS(=O)(=O)C[C@@H]2N1c1cc(C(F)(F)F)ccc1Cl. The number of nitrogens with zero attached hydrogens (tertiary/aromatic N) is 2. The summed E-state index contributed by atoms with van der Waals surface area (Å²) in [7, 11) is -3.34. The predicted octanol–water partition coefficient (Wildman–Crippen LogP) is 4.01. The zero-order valence-corrected chi connectivity index (χ0v) is 17.4. The van der Waals surface area contributed by atoms with Gasteiger partial charge in [0.05, 0.1) is 33.8 Å². The number of carbonyl (C=O) groups is 1. The summed E-state index contributed by atoms with van der Waals surface area (Å²) in [5.74, 6) is -1.10. The molecule has 1 aromatic rings. The smallest absolute Gasteiger partial charge is 0.314 e. The molecule has 2 saturated heterocycles. The molecule has 2 heterocycles. The Morgan fingerprint density at radius 1 is 1.39 bits per heavy atom. The Balaban J connectivity index is 2.10. The largest absolute Gasteiger partial charge is 0.416 e. The maximum atomic E-state index is 13.2. The van der Waals surface area contributed by atoms with E-state index < -0.39 is 38.8 Å². The van der Waals surface area contributed by atoms with Crippen LogP contribution in [0.3, 0.4) is 0 Å². The molecule has 5 nitrogen and oxygen atoms in total. The molecule has 154 valence electrons. The molecule has 0 bridgehead atoms. The van der Waals surface area contributed by atoms with E-state index in [1.165, 1.54) is 4.90 Å². The number of halogens is 4. The molecule has 0 aromatic heterocycles. The molecular formula is C17H18ClF3N2O3S2. The lowest BCUT2D eigenvalue weighted by Crippen LogP contribution is -2.38. The van der Waals surface area contributed by atoms with Gasteiger partial charge in [-0.1, -0.05) is 37.2 Å². The molecule has 3 rings (SSSR count). The van der Waals surface area contributed by atoms with Gasteiger partial charge in [-0.25, -0.2) is 8.42 Å². The van der Waals surface area contributed by atoms with Gasteiger partial charge in [0.2, 0.25) is 0 Å². The number of sulfone groups is 1. The standard InChI is InChI=1S/C17H18ClF3N2O3S2/c1-3-9(2)15(24)22-16-23(13-7-28(25,26)8-14(13)27-16)12-6-10(17(19,20)21)4-5-11(12)18/h4-6,9,13-14H,3,7-8H2,1-2H3/t9-,13+,14+/m1/s1. The minimum Gasteiger partial charge on any atom is -0.314 e. The van der Waals surface area contributed by atoms with Crippen LogP contribution in [0.2, 0.25) is 5.02 Å². The second-order valence-corrected chi connectivity index (χ2v) is 10.6. The van der Waals surface area contributed by atoms with E-state index in [4.69, 9.17) is 11.6 Å². The molecule has 0 aliphatic carbocycles. The number of thioether (sulfide) groups is 1. The molecular weight excluding hydrogens is 437 g/mol. The Labute approximate surface area is 170 Å². The Hall–Kier alpha value is -1.26. The van der Waals surface area contributed by atoms with Gasteiger partial charge in [-0.05, 0) is 24.6 Å². The summed E-state index contributed by atoms with van der Waals surface area (Å²) < 4.78 is 63.7. The number of benzene rings is 1. The number of anilines is 1. The van der Waals surface area contributed by atoms with Crippen LogP contribution in [0.5, 0.6) is 0 Å². The molecule has 2 aliphatic heterocycles. The lowest BCUT2D eigenvalue weighted by atomic mass is 10.1. The van der Waals surface area contributed by atoms with Crippen molar-refractivity contribution in [2.24, 2.45) is 10.9 Å². The second kappa shape index (κ2) is 7.53. The van der Waals surface area contributed by atoms with Gasteiger partial charge >= 0.3 is 6.18 Å². The monoisotopic (exact) mass is 454 g/mol. The van der Waals surface area contributed by atoms with Crippen molar-refractivity contribution >= 4 is 50.0 Å². The fourth-order valence-electron chi connectivity index (χ4n) is 3.10. The highest BCUT2D eigenvalue weighted by molar-refractivity contribution is 8.16. The molecule has 1 aromatic carbocycles. The molecule has 0 radical (unpaired) electrons. The van der Waals surface area contributed by atoms with Gasteiger partial charge in [-0.15, -0.1) is 0 Å². The van der Waals surface area contributed by atoms with Gasteiger partial charge in [0.15, 0.2) is 15.0 Å². The lowest BCUT2D eigenvalue weighted by Gasteiger charge is -2.26. The average molecular weight is 455 g/mol. The maximum absolute atomic E-state index is 13.2. The van der Waals surface area contributed by atoms with Gasteiger partial charge in [0.25, 0.3) is 5.91 Å². The summed E-state index contributed by atoms with van der Waals surface area (Å²) in [4.78, 5) is 17.8. The molecule has 0 spiro atoms. The first-order chi connectivity index (χ1) is 12.9. The molecule has 2 fully saturated rings. The molecule has 0 N–H and O–H groups in total. The van der Waals surface area contributed by atoms with Crippen molar-refractivity contribution in [3.8, 4) is 0 Å². The molecule has 2 aliphatic rings. The molecule has 1 amide bonds. The first-order valence-corrected chi connectivity index (χ1v) is 11.7. The predicted molar refractivity (Wildman–Crippen MR) is 105 cm³/mol. The van der Waals surface area contributed by atoms with Crippen molar-refractivity contribution in [2.75, 3.05) is 16.4 Å². The Morgan fingerprint density at radius 2 is 2.07 bits per heavy atom. The van der Waals surface area contributed by atoms with Gasteiger partial charge < -0.3 is 4.90 Å². The Bertz CT molecular complexity index is 934. The number of hydrogen-bond acceptors (Lipinski definition) is 4. The summed E-state index contributed by atoms with van der Waals surface area (Å²) in [5.41, 5.74) is -0.905. The topological polar surface area (TPSA) is 66.8 Å². The molecule has 0 saturated carbocycles. The van der Waals surface area contributed by atoms with Crippen LogP contribution in [-0.4, -0.2) is 42.3 Å². The van der Waals surface area contributed by atoms with Crippen LogP contribution in [0.15, 0.2) is 23.2 Å². The number of amidine groups is 1. The number of alkyl halides is 3. The van der Waals surface area contributed by atoms with Crippen LogP contribution in [0, 0.1) is 5.92 Å². The Morgan fingerprint density at radius 3 is 2.68 bits per heavy atom. The second-order valence-electron chi connectivity index (χ2n) is 6.88. The quantitative estimate of drug-likeness (QED) is 0.690. The molecule has 0 unspecified atom stereocenters. The van der Waals surface area contributed by atoms with Crippen LogP contribution in [0.4, 0.5) is 18.9 Å². The highest BCUT2D eigenvalue weighted by Gasteiger charge is 2.50. The summed E-state index contributed by atoms with van der Waals surface area (Å²) in [6.45, 7) is 3.53. The number of aliphatic imine (C=N–C) groups is 1. The zero-order valence-electron chi connectivity index (χ0n) is 15.0. The minimum absolute atomic E-state index is 0.00398. The van der Waals surface area contributed by atoms with Crippen LogP contribution < -0.4 is 4.90 Å². The van der Waals surface area contributed by atoms with Crippen LogP contribution in [0.1, 0.15) is 25.8 Å². The van der Waals surface area contributed by atoms with E-state index in [2.05, 4.69) is 4.99 Å². The van der Waals surface area contributed by atoms with Gasteiger partial charge in [0, 0.05) is 11.2 Å². The van der Waals surface area contributed by atoms with Crippen molar-refractivity contribution < 1.29 is 26.4 Å². The van der Waals surface area contributed by atoms with E-state index in [1.807, 2.05) is 6.92 Å². The average Bonchev–Trinajstić information content (AvgIpc) is 3.04. The lowest BCUT2D eigenvalue weighted by molar-refractivity contribution is -0.137. The third-order valence-electron chi connectivity index (χ3n) is 4.84. The molecule has 11 heteroatoms. The summed E-state index contributed by atoms with van der Waals surface area (Å²) in [6.07, 6.45) is -4.02. The van der Waals surface area contributed by atoms with E-state index in [9.17, 15) is 26.4 Å². The fourth-order valence-corrected chi connectivity index (χ4v) is 7.22. The number of hydrogen-bond donors (Lipinski definition) is 0. The zero-order chi connectivity index (χ0) is 20.9. The van der Waals surface area contributed by atoms with Crippen molar-refractivity contribution in [1.82, 2.24) is 0 Å². The molecule has 3 atom stereocenters. The minimum atomic E-state index is -4.59. The third kappa shape index (κ3) is 4.18. The van der Waals surface area contributed by atoms with Crippen molar-refractivity contribution in [1.29, 1.82) is 0 Å². The van der Waals surface area contributed by atoms with Crippen molar-refractivity contribution in [2.45, 2.75) is 37.7 Å². The van der Waals surface area contributed by atoms with Gasteiger partial charge in [-0.2, -0.15) is 18.2 Å². The number of amides is 1. The molecule has 28 heavy (non-hydrogen) atoms. The van der Waals surface area contributed by atoms with Crippen LogP contribution >= 0.6 is 23.4 Å². The van der Waals surface area contributed by atoms with Crippen LogP contribution in [0.25, 0.3) is 0 Å². The summed E-state index contributed by atoms with van der Waals surface area (Å²) >= 11 is 7.27. The number of fused-ring (bicyclic) bond motifs is 1. The van der Waals surface area contributed by atoms with E-state index in [0.29, 0.717) is 6.42 Å². The first kappa shape index (κ1) is 21.4. The third-order valence-corrected chi connectivity index (χ3v) is 8.37. The van der Waals surface area contributed by atoms with Crippen molar-refractivity contribution in [3.05, 3.63) is 28.8 Å². The normalized spacial score (nSPS) is 26.5. The van der Waals surface area contributed by atoms with E-state index in [-0.39, 0.29) is 33.3 Å².